The lowest BCUT2D eigenvalue weighted by Gasteiger charge is -2.34. The molecule has 220 valence electrons. The first-order valence-corrected chi connectivity index (χ1v) is 15.8. The first kappa shape index (κ1) is 32.4. The zero-order valence-electron chi connectivity index (χ0n) is 24.0. The van der Waals surface area contributed by atoms with E-state index in [1.165, 1.54) is 17.0 Å². The molecule has 0 saturated heterocycles. The summed E-state index contributed by atoms with van der Waals surface area (Å²) in [6.07, 6.45) is 1.04. The van der Waals surface area contributed by atoms with Gasteiger partial charge >= 0.3 is 0 Å². The number of rotatable bonds is 12. The first-order valence-electron chi connectivity index (χ1n) is 13.6. The van der Waals surface area contributed by atoms with Gasteiger partial charge in [-0.15, -0.1) is 0 Å². The fourth-order valence-corrected chi connectivity index (χ4v) is 6.33. The molecule has 0 unspecified atom stereocenters. The van der Waals surface area contributed by atoms with Crippen LogP contribution in [0.5, 0.6) is 0 Å². The summed E-state index contributed by atoms with van der Waals surface area (Å²) in [5, 5.41) is 3.65. The fraction of sp³-hybridized carbons (Fsp3) is 0.355. The van der Waals surface area contributed by atoms with Crippen molar-refractivity contribution in [3.8, 4) is 0 Å². The number of benzene rings is 3. The number of nitrogens with one attached hydrogen (secondary N) is 1. The Morgan fingerprint density at radius 3 is 2.17 bits per heavy atom. The Kier molecular flexibility index (Phi) is 11.2. The van der Waals surface area contributed by atoms with E-state index in [0.717, 1.165) is 16.3 Å². The molecule has 2 atom stereocenters. The molecule has 0 spiro atoms. The van der Waals surface area contributed by atoms with Crippen molar-refractivity contribution in [1.82, 2.24) is 10.2 Å². The van der Waals surface area contributed by atoms with E-state index in [2.05, 4.69) is 5.32 Å². The fourth-order valence-electron chi connectivity index (χ4n) is 4.51. The third-order valence-electron chi connectivity index (χ3n) is 6.95. The van der Waals surface area contributed by atoms with Gasteiger partial charge in [-0.05, 0) is 75.1 Å². The molecule has 0 saturated carbocycles. The molecular weight excluding hydrogens is 581 g/mol. The van der Waals surface area contributed by atoms with Crippen LogP contribution in [0, 0.1) is 13.8 Å². The average Bonchev–Trinajstić information content (AvgIpc) is 2.94. The summed E-state index contributed by atoms with van der Waals surface area (Å²) in [5.41, 5.74) is 2.71. The first-order chi connectivity index (χ1) is 19.4. The SMILES string of the molecule is CC[C@H](C(=O)N[C@@H](C)CC)N(Cc1ccc(Cl)c(Cl)c1)C(=O)CN(c1ccc(C)cc1C)S(=O)(=O)c1ccccc1. The third-order valence-corrected chi connectivity index (χ3v) is 9.47. The van der Waals surface area contributed by atoms with Crippen LogP contribution in [-0.4, -0.2) is 43.8 Å². The molecule has 1 N–H and O–H groups in total. The highest BCUT2D eigenvalue weighted by molar-refractivity contribution is 7.92. The number of carbonyl (C=O) groups is 2. The van der Waals surface area contributed by atoms with Crippen molar-refractivity contribution in [2.75, 3.05) is 10.8 Å². The van der Waals surface area contributed by atoms with Gasteiger partial charge in [0.05, 0.1) is 20.6 Å². The highest BCUT2D eigenvalue weighted by Gasteiger charge is 2.34. The van der Waals surface area contributed by atoms with Gasteiger partial charge in [-0.1, -0.05) is 79.0 Å². The number of amides is 2. The number of aryl methyl sites for hydroxylation is 2. The largest absolute Gasteiger partial charge is 0.352 e. The van der Waals surface area contributed by atoms with Gasteiger partial charge in [-0.3, -0.25) is 13.9 Å². The quantitative estimate of drug-likeness (QED) is 0.250. The summed E-state index contributed by atoms with van der Waals surface area (Å²) in [4.78, 5) is 29.0. The van der Waals surface area contributed by atoms with E-state index >= 15 is 0 Å². The summed E-state index contributed by atoms with van der Waals surface area (Å²) in [5.74, 6) is -0.832. The van der Waals surface area contributed by atoms with Crippen molar-refractivity contribution in [1.29, 1.82) is 0 Å². The predicted molar refractivity (Wildman–Crippen MR) is 166 cm³/mol. The summed E-state index contributed by atoms with van der Waals surface area (Å²) in [6, 6.07) is 17.5. The van der Waals surface area contributed by atoms with E-state index in [1.54, 1.807) is 42.5 Å². The van der Waals surface area contributed by atoms with E-state index in [-0.39, 0.29) is 23.4 Å². The Balaban J connectivity index is 2.10. The Bertz CT molecular complexity index is 1480. The van der Waals surface area contributed by atoms with Crippen LogP contribution in [0.25, 0.3) is 0 Å². The molecule has 0 bridgehead atoms. The highest BCUT2D eigenvalue weighted by atomic mass is 35.5. The Hall–Kier alpha value is -3.07. The molecule has 3 rings (SSSR count). The molecule has 0 aliphatic carbocycles. The van der Waals surface area contributed by atoms with Gasteiger partial charge in [0.25, 0.3) is 10.0 Å². The number of carbonyl (C=O) groups excluding carboxylic acids is 2. The lowest BCUT2D eigenvalue weighted by atomic mass is 10.1. The molecule has 7 nitrogen and oxygen atoms in total. The van der Waals surface area contributed by atoms with E-state index in [1.807, 2.05) is 46.8 Å². The second-order valence-corrected chi connectivity index (χ2v) is 12.8. The molecule has 0 aliphatic heterocycles. The van der Waals surface area contributed by atoms with Gasteiger partial charge in [-0.25, -0.2) is 8.42 Å². The topological polar surface area (TPSA) is 86.8 Å². The Morgan fingerprint density at radius 1 is 0.902 bits per heavy atom. The summed E-state index contributed by atoms with van der Waals surface area (Å²) in [7, 11) is -4.13. The van der Waals surface area contributed by atoms with E-state index in [9.17, 15) is 18.0 Å². The predicted octanol–water partition coefficient (Wildman–Crippen LogP) is 6.53. The number of anilines is 1. The van der Waals surface area contributed by atoms with Crippen LogP contribution in [0.1, 0.15) is 50.3 Å². The molecule has 0 aromatic heterocycles. The van der Waals surface area contributed by atoms with Crippen molar-refractivity contribution in [3.05, 3.63) is 93.5 Å². The molecule has 0 radical (unpaired) electrons. The van der Waals surface area contributed by atoms with Gasteiger partial charge < -0.3 is 10.2 Å². The van der Waals surface area contributed by atoms with E-state index in [0.29, 0.717) is 33.3 Å². The van der Waals surface area contributed by atoms with Gasteiger partial charge in [-0.2, -0.15) is 0 Å². The molecule has 10 heteroatoms. The highest BCUT2D eigenvalue weighted by Crippen LogP contribution is 2.29. The number of halogens is 2. The van der Waals surface area contributed by atoms with Crippen LogP contribution < -0.4 is 9.62 Å². The molecular formula is C31H37Cl2N3O4S. The monoisotopic (exact) mass is 617 g/mol. The maximum Gasteiger partial charge on any atom is 0.264 e. The zero-order chi connectivity index (χ0) is 30.3. The molecule has 2 amide bonds. The van der Waals surface area contributed by atoms with Crippen LogP contribution in [0.4, 0.5) is 5.69 Å². The van der Waals surface area contributed by atoms with Crippen LogP contribution in [0.3, 0.4) is 0 Å². The van der Waals surface area contributed by atoms with Crippen LogP contribution in [0.15, 0.2) is 71.6 Å². The van der Waals surface area contributed by atoms with Gasteiger partial charge in [0.1, 0.15) is 12.6 Å². The van der Waals surface area contributed by atoms with Gasteiger partial charge in [0, 0.05) is 12.6 Å². The number of hydrogen-bond donors (Lipinski definition) is 1. The van der Waals surface area contributed by atoms with Gasteiger partial charge in [0.2, 0.25) is 11.8 Å². The zero-order valence-corrected chi connectivity index (χ0v) is 26.4. The summed E-state index contributed by atoms with van der Waals surface area (Å²) in [6.45, 7) is 8.92. The second kappa shape index (κ2) is 14.2. The van der Waals surface area contributed by atoms with Crippen LogP contribution in [0.2, 0.25) is 10.0 Å². The smallest absolute Gasteiger partial charge is 0.264 e. The van der Waals surface area contributed by atoms with Crippen LogP contribution in [-0.2, 0) is 26.2 Å². The van der Waals surface area contributed by atoms with Crippen LogP contribution >= 0.6 is 23.2 Å². The average molecular weight is 619 g/mol. The van der Waals surface area contributed by atoms with Crippen molar-refractivity contribution in [2.45, 2.75) is 71.0 Å². The summed E-state index contributed by atoms with van der Waals surface area (Å²) >= 11 is 12.4. The van der Waals surface area contributed by atoms with Crippen molar-refractivity contribution in [3.63, 3.8) is 0 Å². The molecule has 41 heavy (non-hydrogen) atoms. The minimum atomic E-state index is -4.13. The number of sulfonamides is 1. The number of nitrogens with zero attached hydrogens (tertiary/aromatic N) is 2. The number of hydrogen-bond acceptors (Lipinski definition) is 4. The minimum Gasteiger partial charge on any atom is -0.352 e. The lowest BCUT2D eigenvalue weighted by molar-refractivity contribution is -0.140. The normalized spacial score (nSPS) is 12.9. The van der Waals surface area contributed by atoms with Gasteiger partial charge in [0.15, 0.2) is 0 Å². The molecule has 0 aliphatic rings. The second-order valence-electron chi connectivity index (χ2n) is 10.1. The van der Waals surface area contributed by atoms with E-state index in [4.69, 9.17) is 23.2 Å². The molecule has 3 aromatic carbocycles. The molecule has 0 fully saturated rings. The minimum absolute atomic E-state index is 0.0360. The maximum absolute atomic E-state index is 14.2. The lowest BCUT2D eigenvalue weighted by Crippen LogP contribution is -2.53. The Labute approximate surface area is 253 Å². The third kappa shape index (κ3) is 8.03. The summed E-state index contributed by atoms with van der Waals surface area (Å²) < 4.78 is 29.1. The van der Waals surface area contributed by atoms with Crippen molar-refractivity contribution >= 4 is 50.7 Å². The maximum atomic E-state index is 14.2. The van der Waals surface area contributed by atoms with Crippen molar-refractivity contribution < 1.29 is 18.0 Å². The van der Waals surface area contributed by atoms with E-state index < -0.39 is 28.5 Å². The standard InChI is InChI=1S/C31H37Cl2N3O4S/c1-6-23(5)34-31(38)28(7-2)35(19-24-14-15-26(32)27(33)18-24)30(37)20-36(29-16-13-21(3)17-22(29)4)41(39,40)25-11-9-8-10-12-25/h8-18,23,28H,6-7,19-20H2,1-5H3,(H,34,38)/t23-,28+/m0/s1. The molecule has 0 heterocycles. The van der Waals surface area contributed by atoms with Crippen molar-refractivity contribution in [2.24, 2.45) is 0 Å². The Morgan fingerprint density at radius 2 is 1.59 bits per heavy atom. The molecule has 3 aromatic rings.